The first kappa shape index (κ1) is 14.3. The van der Waals surface area contributed by atoms with Gasteiger partial charge in [-0.05, 0) is 55.0 Å². The molecule has 1 aliphatic heterocycles. The molecule has 1 atom stereocenters. The van der Waals surface area contributed by atoms with Gasteiger partial charge >= 0.3 is 5.97 Å². The number of rotatable bonds is 3. The maximum absolute atomic E-state index is 11.4. The number of carbonyl (C=O) groups is 1. The molecule has 1 aromatic rings. The Balaban J connectivity index is 2.31. The van der Waals surface area contributed by atoms with Crippen LogP contribution in [0.3, 0.4) is 0 Å². The van der Waals surface area contributed by atoms with Crippen LogP contribution in [0.2, 0.25) is 0 Å². The Bertz CT molecular complexity index is 477. The third-order valence-electron chi connectivity index (χ3n) is 3.67. The average Bonchev–Trinajstić information content (AvgIpc) is 2.38. The van der Waals surface area contributed by atoms with Crippen molar-refractivity contribution in [3.63, 3.8) is 0 Å². The lowest BCUT2D eigenvalue weighted by Crippen LogP contribution is -2.45. The van der Waals surface area contributed by atoms with Gasteiger partial charge in [0.05, 0.1) is 11.3 Å². The third kappa shape index (κ3) is 3.09. The minimum absolute atomic E-state index is 0.363. The summed E-state index contributed by atoms with van der Waals surface area (Å²) in [5.41, 5.74) is 1.18. The fraction of sp³-hybridized carbons (Fsp3) is 0.500. The number of nitrogens with zero attached hydrogens (tertiary/aromatic N) is 2. The topological polar surface area (TPSA) is 43.8 Å². The van der Waals surface area contributed by atoms with Crippen molar-refractivity contribution in [1.29, 1.82) is 0 Å². The number of anilines is 1. The van der Waals surface area contributed by atoms with E-state index in [0.29, 0.717) is 16.1 Å². The fourth-order valence-corrected chi connectivity index (χ4v) is 3.11. The molecule has 1 N–H and O–H groups in total. The lowest BCUT2D eigenvalue weighted by molar-refractivity contribution is 0.0696. The second-order valence-electron chi connectivity index (χ2n) is 5.14. The Hall–Kier alpha value is -1.07. The van der Waals surface area contributed by atoms with Crippen molar-refractivity contribution in [2.75, 3.05) is 32.1 Å². The van der Waals surface area contributed by atoms with E-state index in [1.807, 2.05) is 12.1 Å². The van der Waals surface area contributed by atoms with E-state index in [9.17, 15) is 9.90 Å². The highest BCUT2D eigenvalue weighted by atomic mass is 79.9. The van der Waals surface area contributed by atoms with Crippen molar-refractivity contribution in [3.8, 4) is 0 Å². The Morgan fingerprint density at radius 1 is 1.47 bits per heavy atom. The van der Waals surface area contributed by atoms with Crippen LogP contribution in [-0.2, 0) is 0 Å². The van der Waals surface area contributed by atoms with Gasteiger partial charge in [-0.3, -0.25) is 0 Å². The zero-order valence-electron chi connectivity index (χ0n) is 11.3. The van der Waals surface area contributed by atoms with Crippen molar-refractivity contribution >= 4 is 27.6 Å². The molecule has 0 aromatic heterocycles. The summed E-state index contributed by atoms with van der Waals surface area (Å²) in [6, 6.07) is 6.05. The Morgan fingerprint density at radius 3 is 2.84 bits per heavy atom. The summed E-state index contributed by atoms with van der Waals surface area (Å²) in [6.07, 6.45) is 2.26. The summed E-state index contributed by atoms with van der Waals surface area (Å²) < 4.78 is 0.643. The summed E-state index contributed by atoms with van der Waals surface area (Å²) in [5.74, 6) is -0.880. The second-order valence-corrected chi connectivity index (χ2v) is 6.00. The van der Waals surface area contributed by atoms with Gasteiger partial charge in [-0.25, -0.2) is 4.79 Å². The van der Waals surface area contributed by atoms with E-state index in [1.54, 1.807) is 6.07 Å². The van der Waals surface area contributed by atoms with Crippen LogP contribution >= 0.6 is 15.9 Å². The van der Waals surface area contributed by atoms with Crippen LogP contribution in [0.25, 0.3) is 0 Å². The Labute approximate surface area is 122 Å². The Kier molecular flexibility index (Phi) is 4.47. The number of likely N-dealkylation sites (N-methyl/N-ethyl adjacent to an activating group) is 1. The zero-order valence-corrected chi connectivity index (χ0v) is 12.9. The predicted octanol–water partition coefficient (Wildman–Crippen LogP) is 2.68. The number of aromatic carboxylic acids is 1. The first-order valence-corrected chi connectivity index (χ1v) is 7.23. The average molecular weight is 327 g/mol. The maximum atomic E-state index is 11.4. The van der Waals surface area contributed by atoms with E-state index in [0.717, 1.165) is 25.2 Å². The molecule has 4 nitrogen and oxygen atoms in total. The number of halogens is 1. The number of piperidine rings is 1. The van der Waals surface area contributed by atoms with E-state index < -0.39 is 5.97 Å². The normalized spacial score (nSPS) is 19.8. The minimum atomic E-state index is -0.880. The molecule has 1 aliphatic rings. The van der Waals surface area contributed by atoms with E-state index in [4.69, 9.17) is 0 Å². The van der Waals surface area contributed by atoms with Crippen LogP contribution in [0.5, 0.6) is 0 Å². The fourth-order valence-electron chi connectivity index (χ4n) is 2.58. The van der Waals surface area contributed by atoms with Gasteiger partial charge in [0.15, 0.2) is 0 Å². The highest BCUT2D eigenvalue weighted by Gasteiger charge is 2.25. The lowest BCUT2D eigenvalue weighted by Gasteiger charge is -2.38. The molecule has 0 radical (unpaired) electrons. The smallest absolute Gasteiger partial charge is 0.338 e. The quantitative estimate of drug-likeness (QED) is 0.927. The molecule has 0 aliphatic carbocycles. The first-order valence-electron chi connectivity index (χ1n) is 6.44. The number of carboxylic acids is 1. The van der Waals surface area contributed by atoms with Crippen LogP contribution in [0.1, 0.15) is 23.2 Å². The summed E-state index contributed by atoms with van der Waals surface area (Å²) in [6.45, 7) is 1.80. The molecule has 2 rings (SSSR count). The lowest BCUT2D eigenvalue weighted by atomic mass is 10.0. The molecule has 104 valence electrons. The van der Waals surface area contributed by atoms with Crippen molar-refractivity contribution < 1.29 is 9.90 Å². The summed E-state index contributed by atoms with van der Waals surface area (Å²) >= 11 is 3.34. The van der Waals surface area contributed by atoms with Gasteiger partial charge in [0, 0.05) is 23.6 Å². The zero-order chi connectivity index (χ0) is 14.0. The van der Waals surface area contributed by atoms with Crippen LogP contribution in [0.4, 0.5) is 5.69 Å². The summed E-state index contributed by atoms with van der Waals surface area (Å²) in [7, 11) is 4.15. The molecule has 0 spiro atoms. The molecule has 0 amide bonds. The molecule has 1 saturated heterocycles. The highest BCUT2D eigenvalue weighted by molar-refractivity contribution is 9.10. The molecule has 1 aromatic carbocycles. The van der Waals surface area contributed by atoms with Gasteiger partial charge in [0.25, 0.3) is 0 Å². The van der Waals surface area contributed by atoms with Gasteiger partial charge in [-0.15, -0.1) is 0 Å². The minimum Gasteiger partial charge on any atom is -0.478 e. The van der Waals surface area contributed by atoms with Crippen molar-refractivity contribution in [2.24, 2.45) is 0 Å². The number of hydrogen-bond acceptors (Lipinski definition) is 3. The molecule has 19 heavy (non-hydrogen) atoms. The van der Waals surface area contributed by atoms with E-state index in [1.165, 1.54) is 6.42 Å². The van der Waals surface area contributed by atoms with Crippen molar-refractivity contribution in [3.05, 3.63) is 28.2 Å². The van der Waals surface area contributed by atoms with Crippen molar-refractivity contribution in [1.82, 2.24) is 4.90 Å². The van der Waals surface area contributed by atoms with Gasteiger partial charge < -0.3 is 14.9 Å². The van der Waals surface area contributed by atoms with Gasteiger partial charge in [-0.2, -0.15) is 0 Å². The third-order valence-corrected chi connectivity index (χ3v) is 4.33. The van der Waals surface area contributed by atoms with Crippen molar-refractivity contribution in [2.45, 2.75) is 18.9 Å². The molecule has 1 heterocycles. The van der Waals surface area contributed by atoms with Crippen LogP contribution in [-0.4, -0.2) is 49.2 Å². The largest absolute Gasteiger partial charge is 0.478 e. The van der Waals surface area contributed by atoms with E-state index >= 15 is 0 Å². The highest BCUT2D eigenvalue weighted by Crippen LogP contribution is 2.30. The molecule has 0 saturated carbocycles. The summed E-state index contributed by atoms with van der Waals surface area (Å²) in [4.78, 5) is 15.8. The van der Waals surface area contributed by atoms with Gasteiger partial charge in [-0.1, -0.05) is 6.07 Å². The maximum Gasteiger partial charge on any atom is 0.338 e. The second kappa shape index (κ2) is 5.92. The monoisotopic (exact) mass is 326 g/mol. The van der Waals surface area contributed by atoms with Gasteiger partial charge in [0.2, 0.25) is 0 Å². The van der Waals surface area contributed by atoms with E-state index in [2.05, 4.69) is 39.8 Å². The predicted molar refractivity (Wildman–Crippen MR) is 80.0 cm³/mol. The van der Waals surface area contributed by atoms with Crippen LogP contribution < -0.4 is 4.90 Å². The SMILES string of the molecule is CN(C)C1CCCN(c2cccc(Br)c2C(=O)O)C1. The number of carboxylic acid groups (broad SMARTS) is 1. The molecule has 1 fully saturated rings. The first-order chi connectivity index (χ1) is 9.00. The number of hydrogen-bond donors (Lipinski definition) is 1. The summed E-state index contributed by atoms with van der Waals surface area (Å²) in [5, 5.41) is 9.39. The molecule has 1 unspecified atom stereocenters. The van der Waals surface area contributed by atoms with Crippen LogP contribution in [0.15, 0.2) is 22.7 Å². The molecule has 5 heteroatoms. The molecular weight excluding hydrogens is 308 g/mol. The molecule has 0 bridgehead atoms. The van der Waals surface area contributed by atoms with Gasteiger partial charge in [0.1, 0.15) is 0 Å². The standard InChI is InChI=1S/C14H19BrN2O2/c1-16(2)10-5-4-8-17(9-10)12-7-3-6-11(15)13(12)14(18)19/h3,6-7,10H,4-5,8-9H2,1-2H3,(H,18,19). The Morgan fingerprint density at radius 2 is 2.21 bits per heavy atom. The van der Waals surface area contributed by atoms with Crippen LogP contribution in [0, 0.1) is 0 Å². The van der Waals surface area contributed by atoms with E-state index in [-0.39, 0.29) is 0 Å². The molecular formula is C14H19BrN2O2. The number of benzene rings is 1.